The molecule has 0 aliphatic carbocycles. The van der Waals surface area contributed by atoms with Crippen molar-refractivity contribution in [3.63, 3.8) is 0 Å². The lowest BCUT2D eigenvalue weighted by Crippen LogP contribution is -2.45. The first-order valence-corrected chi connectivity index (χ1v) is 8.16. The van der Waals surface area contributed by atoms with E-state index < -0.39 is 0 Å². The van der Waals surface area contributed by atoms with Gasteiger partial charge in [0.05, 0.1) is 12.8 Å². The van der Waals surface area contributed by atoms with Gasteiger partial charge in [0.25, 0.3) is 0 Å². The highest BCUT2D eigenvalue weighted by Crippen LogP contribution is 2.18. The number of methoxy groups -OCH3 is 1. The van der Waals surface area contributed by atoms with E-state index in [2.05, 4.69) is 38.6 Å². The maximum absolute atomic E-state index is 5.28. The van der Waals surface area contributed by atoms with Crippen LogP contribution < -0.4 is 15.0 Å². The highest BCUT2D eigenvalue weighted by molar-refractivity contribution is 5.38. The third-order valence-corrected chi connectivity index (χ3v) is 4.26. The van der Waals surface area contributed by atoms with Crippen LogP contribution >= 0.6 is 0 Å². The molecule has 2 aromatic rings. The molecule has 23 heavy (non-hydrogen) atoms. The Balaban J connectivity index is 1.57. The molecular weight excluding hydrogens is 288 g/mol. The summed E-state index contributed by atoms with van der Waals surface area (Å²) in [5.74, 6) is 1.88. The van der Waals surface area contributed by atoms with Gasteiger partial charge < -0.3 is 15.0 Å². The van der Waals surface area contributed by atoms with Gasteiger partial charge in [-0.25, -0.2) is 0 Å². The van der Waals surface area contributed by atoms with Crippen LogP contribution in [-0.4, -0.2) is 36.4 Å². The molecule has 1 saturated heterocycles. The Morgan fingerprint density at radius 2 is 2.17 bits per heavy atom. The van der Waals surface area contributed by atoms with Crippen LogP contribution in [0.3, 0.4) is 0 Å². The van der Waals surface area contributed by atoms with Gasteiger partial charge >= 0.3 is 0 Å². The first-order chi connectivity index (χ1) is 11.2. The fourth-order valence-corrected chi connectivity index (χ4v) is 2.96. The van der Waals surface area contributed by atoms with E-state index >= 15 is 0 Å². The highest BCUT2D eigenvalue weighted by Gasteiger charge is 2.20. The Hall–Kier alpha value is -2.14. The zero-order valence-electron chi connectivity index (χ0n) is 13.8. The van der Waals surface area contributed by atoms with Crippen molar-refractivity contribution in [1.82, 2.24) is 15.5 Å². The Bertz CT molecular complexity index is 629. The third-order valence-electron chi connectivity index (χ3n) is 4.26. The van der Waals surface area contributed by atoms with E-state index in [9.17, 15) is 0 Å². The van der Waals surface area contributed by atoms with Crippen molar-refractivity contribution in [1.29, 1.82) is 0 Å². The molecule has 0 saturated carbocycles. The van der Waals surface area contributed by atoms with Gasteiger partial charge in [-0.1, -0.05) is 12.1 Å². The van der Waals surface area contributed by atoms with Crippen molar-refractivity contribution in [3.05, 3.63) is 47.7 Å². The van der Waals surface area contributed by atoms with Crippen LogP contribution in [0.2, 0.25) is 0 Å². The van der Waals surface area contributed by atoms with E-state index in [0.717, 1.165) is 36.9 Å². The van der Waals surface area contributed by atoms with Crippen molar-refractivity contribution in [2.75, 3.05) is 25.1 Å². The fourth-order valence-electron chi connectivity index (χ4n) is 2.96. The van der Waals surface area contributed by atoms with Gasteiger partial charge in [0.1, 0.15) is 5.75 Å². The Labute approximate surface area is 137 Å². The zero-order chi connectivity index (χ0) is 16.1. The van der Waals surface area contributed by atoms with Crippen LogP contribution in [0.5, 0.6) is 5.75 Å². The second kappa shape index (κ2) is 7.42. The van der Waals surface area contributed by atoms with E-state index in [4.69, 9.17) is 4.74 Å². The minimum Gasteiger partial charge on any atom is -0.497 e. The molecule has 122 valence electrons. The molecule has 1 N–H and O–H groups in total. The largest absolute Gasteiger partial charge is 0.497 e. The highest BCUT2D eigenvalue weighted by atomic mass is 16.5. The van der Waals surface area contributed by atoms with Gasteiger partial charge in [-0.15, -0.1) is 5.10 Å². The number of aromatic nitrogens is 2. The molecule has 1 aliphatic heterocycles. The van der Waals surface area contributed by atoms with Gasteiger partial charge in [0, 0.05) is 25.7 Å². The summed E-state index contributed by atoms with van der Waals surface area (Å²) in [4.78, 5) is 2.32. The number of hydrogen-bond donors (Lipinski definition) is 1. The van der Waals surface area contributed by atoms with Gasteiger partial charge in [0.2, 0.25) is 0 Å². The second-order valence-corrected chi connectivity index (χ2v) is 6.05. The summed E-state index contributed by atoms with van der Waals surface area (Å²) in [5.41, 5.74) is 2.20. The molecule has 2 heterocycles. The molecule has 1 aromatic heterocycles. The normalized spacial score (nSPS) is 18.0. The van der Waals surface area contributed by atoms with Gasteiger partial charge in [-0.2, -0.15) is 5.10 Å². The number of nitrogens with one attached hydrogen (secondary N) is 1. The number of ether oxygens (including phenoxy) is 1. The topological polar surface area (TPSA) is 50.3 Å². The molecular formula is C18H24N4O. The summed E-state index contributed by atoms with van der Waals surface area (Å²) < 4.78 is 5.28. The number of piperidine rings is 1. The van der Waals surface area contributed by atoms with E-state index in [1.54, 1.807) is 7.11 Å². The lowest BCUT2D eigenvalue weighted by Gasteiger charge is -2.33. The van der Waals surface area contributed by atoms with Crippen LogP contribution in [0.1, 0.15) is 24.1 Å². The van der Waals surface area contributed by atoms with E-state index in [-0.39, 0.29) is 0 Å². The van der Waals surface area contributed by atoms with Crippen LogP contribution in [0.15, 0.2) is 36.4 Å². The van der Waals surface area contributed by atoms with Crippen molar-refractivity contribution >= 4 is 5.82 Å². The number of hydrogen-bond acceptors (Lipinski definition) is 5. The second-order valence-electron chi connectivity index (χ2n) is 6.05. The number of nitrogens with zero attached hydrogens (tertiary/aromatic N) is 3. The van der Waals surface area contributed by atoms with Crippen molar-refractivity contribution in [2.45, 2.75) is 32.4 Å². The third kappa shape index (κ3) is 4.20. The smallest absolute Gasteiger partial charge is 0.151 e. The molecule has 0 amide bonds. The summed E-state index contributed by atoms with van der Waals surface area (Å²) in [6.45, 7) is 4.84. The quantitative estimate of drug-likeness (QED) is 0.919. The molecule has 5 heteroatoms. The lowest BCUT2D eigenvalue weighted by atomic mass is 10.1. The molecule has 1 aliphatic rings. The molecule has 3 rings (SSSR count). The standard InChI is InChI=1S/C18H24N4O/c1-14-8-9-18(21-20-14)22-10-4-6-16(13-22)19-12-15-5-3-7-17(11-15)23-2/h3,5,7-9,11,16,19H,4,6,10,12-13H2,1-2H3. The van der Waals surface area contributed by atoms with Crippen LogP contribution in [0, 0.1) is 6.92 Å². The molecule has 1 unspecified atom stereocenters. The molecule has 0 spiro atoms. The Morgan fingerprint density at radius 1 is 1.26 bits per heavy atom. The van der Waals surface area contributed by atoms with E-state index in [0.29, 0.717) is 6.04 Å². The SMILES string of the molecule is COc1cccc(CNC2CCCN(c3ccc(C)nn3)C2)c1. The minimum absolute atomic E-state index is 0.470. The molecule has 1 atom stereocenters. The van der Waals surface area contributed by atoms with Gasteiger partial charge in [-0.05, 0) is 49.6 Å². The first-order valence-electron chi connectivity index (χ1n) is 8.16. The maximum atomic E-state index is 5.28. The lowest BCUT2D eigenvalue weighted by molar-refractivity contribution is 0.409. The van der Waals surface area contributed by atoms with Crippen LogP contribution in [0.4, 0.5) is 5.82 Å². The number of aryl methyl sites for hydroxylation is 1. The number of rotatable bonds is 5. The minimum atomic E-state index is 0.470. The summed E-state index contributed by atoms with van der Waals surface area (Å²) in [7, 11) is 1.70. The van der Waals surface area contributed by atoms with Crippen molar-refractivity contribution in [3.8, 4) is 5.75 Å². The van der Waals surface area contributed by atoms with Crippen molar-refractivity contribution in [2.24, 2.45) is 0 Å². The summed E-state index contributed by atoms with van der Waals surface area (Å²) >= 11 is 0. The summed E-state index contributed by atoms with van der Waals surface area (Å²) in [5, 5.41) is 12.1. The summed E-state index contributed by atoms with van der Waals surface area (Å²) in [6, 6.07) is 12.8. The fraction of sp³-hybridized carbons (Fsp3) is 0.444. The van der Waals surface area contributed by atoms with E-state index in [1.165, 1.54) is 18.4 Å². The monoisotopic (exact) mass is 312 g/mol. The average molecular weight is 312 g/mol. The zero-order valence-corrected chi connectivity index (χ0v) is 13.8. The summed E-state index contributed by atoms with van der Waals surface area (Å²) in [6.07, 6.45) is 2.37. The molecule has 0 bridgehead atoms. The van der Waals surface area contributed by atoms with Gasteiger partial charge in [0.15, 0.2) is 5.82 Å². The molecule has 5 nitrogen and oxygen atoms in total. The maximum Gasteiger partial charge on any atom is 0.151 e. The molecule has 1 aromatic carbocycles. The predicted octanol–water partition coefficient (Wildman–Crippen LogP) is 2.55. The average Bonchev–Trinajstić information content (AvgIpc) is 2.61. The van der Waals surface area contributed by atoms with Crippen molar-refractivity contribution < 1.29 is 4.74 Å². The number of benzene rings is 1. The Morgan fingerprint density at radius 3 is 2.96 bits per heavy atom. The van der Waals surface area contributed by atoms with E-state index in [1.807, 2.05) is 25.1 Å². The predicted molar refractivity (Wildman–Crippen MR) is 91.8 cm³/mol. The molecule has 0 radical (unpaired) electrons. The molecule has 1 fully saturated rings. The van der Waals surface area contributed by atoms with Crippen LogP contribution in [-0.2, 0) is 6.54 Å². The first kappa shape index (κ1) is 15.7. The van der Waals surface area contributed by atoms with Crippen LogP contribution in [0.25, 0.3) is 0 Å². The van der Waals surface area contributed by atoms with Gasteiger partial charge in [-0.3, -0.25) is 0 Å². The number of anilines is 1. The Kier molecular flexibility index (Phi) is 5.08.